The van der Waals surface area contributed by atoms with E-state index in [1.807, 2.05) is 20.8 Å². The number of rotatable bonds is 4. The van der Waals surface area contributed by atoms with E-state index < -0.39 is 17.5 Å². The van der Waals surface area contributed by atoms with Crippen LogP contribution in [0.25, 0.3) is 0 Å². The number of carboxylic acid groups (broad SMARTS) is 1. The van der Waals surface area contributed by atoms with E-state index in [9.17, 15) is 15.0 Å². The van der Waals surface area contributed by atoms with Gasteiger partial charge < -0.3 is 10.2 Å². The molecular weight excluding hydrogens is 204 g/mol. The van der Waals surface area contributed by atoms with Gasteiger partial charge in [0.05, 0.1) is 11.5 Å². The monoisotopic (exact) mass is 228 g/mol. The van der Waals surface area contributed by atoms with Crippen LogP contribution in [0.5, 0.6) is 0 Å². The van der Waals surface area contributed by atoms with Crippen molar-refractivity contribution >= 4 is 5.97 Å². The molecule has 1 saturated carbocycles. The number of carbonyl (C=O) groups is 1. The van der Waals surface area contributed by atoms with Gasteiger partial charge in [-0.1, -0.05) is 40.0 Å². The lowest BCUT2D eigenvalue weighted by atomic mass is 9.68. The van der Waals surface area contributed by atoms with Gasteiger partial charge >= 0.3 is 5.97 Å². The molecule has 0 radical (unpaired) electrons. The Morgan fingerprint density at radius 1 is 1.12 bits per heavy atom. The summed E-state index contributed by atoms with van der Waals surface area (Å²) in [5, 5.41) is 19.9. The van der Waals surface area contributed by atoms with Crippen molar-refractivity contribution in [2.24, 2.45) is 17.8 Å². The minimum Gasteiger partial charge on any atom is -0.481 e. The van der Waals surface area contributed by atoms with Crippen molar-refractivity contribution in [2.45, 2.75) is 58.5 Å². The second-order valence-electron chi connectivity index (χ2n) is 5.58. The van der Waals surface area contributed by atoms with Crippen LogP contribution in [0.15, 0.2) is 0 Å². The molecule has 0 aromatic heterocycles. The summed E-state index contributed by atoms with van der Waals surface area (Å²) in [6, 6.07) is 0. The van der Waals surface area contributed by atoms with Gasteiger partial charge in [0.2, 0.25) is 0 Å². The first-order valence-electron chi connectivity index (χ1n) is 6.33. The molecule has 94 valence electrons. The summed E-state index contributed by atoms with van der Waals surface area (Å²) in [6.07, 6.45) is 4.29. The van der Waals surface area contributed by atoms with Crippen LogP contribution in [0.2, 0.25) is 0 Å². The van der Waals surface area contributed by atoms with Gasteiger partial charge in [0.15, 0.2) is 0 Å². The van der Waals surface area contributed by atoms with Crippen LogP contribution >= 0.6 is 0 Å². The third-order valence-corrected chi connectivity index (χ3v) is 4.14. The van der Waals surface area contributed by atoms with Crippen molar-refractivity contribution < 1.29 is 15.0 Å². The predicted molar refractivity (Wildman–Crippen MR) is 63.2 cm³/mol. The van der Waals surface area contributed by atoms with E-state index in [0.717, 1.165) is 19.3 Å². The fourth-order valence-electron chi connectivity index (χ4n) is 2.80. The molecule has 0 heterocycles. The number of aliphatic carboxylic acids is 1. The summed E-state index contributed by atoms with van der Waals surface area (Å²) in [6.45, 7) is 5.98. The molecule has 0 spiro atoms. The van der Waals surface area contributed by atoms with Crippen LogP contribution in [0.4, 0.5) is 0 Å². The zero-order valence-electron chi connectivity index (χ0n) is 10.6. The molecule has 1 rings (SSSR count). The SMILES string of the molecule is CC(C)[C@@H](C)[C@H](C(=O)O)C1(O)CCCCC1. The zero-order valence-corrected chi connectivity index (χ0v) is 10.6. The molecule has 3 nitrogen and oxygen atoms in total. The van der Waals surface area contributed by atoms with Gasteiger partial charge in [-0.15, -0.1) is 0 Å². The average Bonchev–Trinajstić information content (AvgIpc) is 2.17. The molecule has 2 N–H and O–H groups in total. The van der Waals surface area contributed by atoms with E-state index in [1.165, 1.54) is 0 Å². The van der Waals surface area contributed by atoms with Crippen molar-refractivity contribution in [3.63, 3.8) is 0 Å². The largest absolute Gasteiger partial charge is 0.481 e. The second kappa shape index (κ2) is 5.17. The van der Waals surface area contributed by atoms with Crippen LogP contribution in [-0.4, -0.2) is 21.8 Å². The molecule has 0 amide bonds. The molecule has 0 aliphatic heterocycles. The molecule has 0 aromatic rings. The van der Waals surface area contributed by atoms with Crippen molar-refractivity contribution in [1.29, 1.82) is 0 Å². The van der Waals surface area contributed by atoms with Crippen molar-refractivity contribution in [3.05, 3.63) is 0 Å². The van der Waals surface area contributed by atoms with Gasteiger partial charge in [0.1, 0.15) is 0 Å². The maximum Gasteiger partial charge on any atom is 0.309 e. The first-order valence-corrected chi connectivity index (χ1v) is 6.33. The van der Waals surface area contributed by atoms with Crippen LogP contribution in [0.1, 0.15) is 52.9 Å². The Bertz CT molecular complexity index is 242. The van der Waals surface area contributed by atoms with E-state index >= 15 is 0 Å². The molecule has 0 saturated heterocycles. The molecule has 1 aliphatic carbocycles. The van der Waals surface area contributed by atoms with E-state index in [4.69, 9.17) is 0 Å². The molecular formula is C13H24O3. The summed E-state index contributed by atoms with van der Waals surface area (Å²) in [5.74, 6) is -1.16. The Labute approximate surface area is 97.9 Å². The Kier molecular flexibility index (Phi) is 4.36. The molecule has 16 heavy (non-hydrogen) atoms. The standard InChI is InChI=1S/C13H24O3/c1-9(2)10(3)11(12(14)15)13(16)7-5-4-6-8-13/h9-11,16H,4-8H2,1-3H3,(H,14,15)/t10-,11-/m1/s1. The Hall–Kier alpha value is -0.570. The average molecular weight is 228 g/mol. The topological polar surface area (TPSA) is 57.5 Å². The molecule has 0 bridgehead atoms. The highest BCUT2D eigenvalue weighted by Gasteiger charge is 2.45. The number of aliphatic hydroxyl groups is 1. The second-order valence-corrected chi connectivity index (χ2v) is 5.58. The number of hydrogen-bond donors (Lipinski definition) is 2. The minimum absolute atomic E-state index is 0.0144. The van der Waals surface area contributed by atoms with Gasteiger partial charge in [0, 0.05) is 0 Å². The van der Waals surface area contributed by atoms with Gasteiger partial charge in [-0.3, -0.25) is 4.79 Å². The number of carboxylic acids is 1. The lowest BCUT2D eigenvalue weighted by Crippen LogP contribution is -2.48. The van der Waals surface area contributed by atoms with Crippen LogP contribution in [-0.2, 0) is 4.79 Å². The molecule has 1 aliphatic rings. The van der Waals surface area contributed by atoms with Gasteiger partial charge in [-0.2, -0.15) is 0 Å². The Morgan fingerprint density at radius 3 is 2.00 bits per heavy atom. The highest BCUT2D eigenvalue weighted by molar-refractivity contribution is 5.72. The van der Waals surface area contributed by atoms with Gasteiger partial charge in [-0.25, -0.2) is 0 Å². The Balaban J connectivity index is 2.87. The van der Waals surface area contributed by atoms with Crippen LogP contribution in [0.3, 0.4) is 0 Å². The van der Waals surface area contributed by atoms with Gasteiger partial charge in [0.25, 0.3) is 0 Å². The van der Waals surface area contributed by atoms with Crippen LogP contribution < -0.4 is 0 Å². The molecule has 0 unspecified atom stereocenters. The fraction of sp³-hybridized carbons (Fsp3) is 0.923. The van der Waals surface area contributed by atoms with Gasteiger partial charge in [-0.05, 0) is 24.7 Å². The molecule has 1 fully saturated rings. The third-order valence-electron chi connectivity index (χ3n) is 4.14. The van der Waals surface area contributed by atoms with E-state index in [-0.39, 0.29) is 11.8 Å². The zero-order chi connectivity index (χ0) is 12.3. The maximum absolute atomic E-state index is 11.4. The Morgan fingerprint density at radius 2 is 1.62 bits per heavy atom. The highest BCUT2D eigenvalue weighted by atomic mass is 16.4. The first kappa shape index (κ1) is 13.5. The summed E-state index contributed by atoms with van der Waals surface area (Å²) < 4.78 is 0. The van der Waals surface area contributed by atoms with E-state index in [2.05, 4.69) is 0 Å². The van der Waals surface area contributed by atoms with Crippen molar-refractivity contribution in [2.75, 3.05) is 0 Å². The van der Waals surface area contributed by atoms with Crippen LogP contribution in [0, 0.1) is 17.8 Å². The first-order chi connectivity index (χ1) is 7.38. The summed E-state index contributed by atoms with van der Waals surface area (Å²) >= 11 is 0. The van der Waals surface area contributed by atoms with E-state index in [1.54, 1.807) is 0 Å². The third kappa shape index (κ3) is 2.76. The van der Waals surface area contributed by atoms with Crippen molar-refractivity contribution in [1.82, 2.24) is 0 Å². The lowest BCUT2D eigenvalue weighted by molar-refractivity contribution is -0.161. The predicted octanol–water partition coefficient (Wildman–Crippen LogP) is 2.67. The lowest BCUT2D eigenvalue weighted by Gasteiger charge is -2.40. The molecule has 2 atom stereocenters. The molecule has 0 aromatic carbocycles. The van der Waals surface area contributed by atoms with Crippen molar-refractivity contribution in [3.8, 4) is 0 Å². The highest BCUT2D eigenvalue weighted by Crippen LogP contribution is 2.40. The summed E-state index contributed by atoms with van der Waals surface area (Å²) in [4.78, 5) is 11.4. The summed E-state index contributed by atoms with van der Waals surface area (Å²) in [5.41, 5.74) is -0.978. The summed E-state index contributed by atoms with van der Waals surface area (Å²) in [7, 11) is 0. The quantitative estimate of drug-likeness (QED) is 0.777. The smallest absolute Gasteiger partial charge is 0.309 e. The minimum atomic E-state index is -0.978. The molecule has 3 heteroatoms. The van der Waals surface area contributed by atoms with E-state index in [0.29, 0.717) is 12.8 Å². The normalized spacial score (nSPS) is 24.1. The maximum atomic E-state index is 11.4. The number of hydrogen-bond acceptors (Lipinski definition) is 2. The fourth-order valence-corrected chi connectivity index (χ4v) is 2.80.